The zero-order valence-corrected chi connectivity index (χ0v) is 11.4. The van der Waals surface area contributed by atoms with Gasteiger partial charge in [-0.05, 0) is 6.42 Å². The number of nitrogens with one attached hydrogen (secondary N) is 1. The molecule has 1 aromatic heterocycles. The first-order valence-corrected chi connectivity index (χ1v) is 7.03. The molecule has 0 bridgehead atoms. The highest BCUT2D eigenvalue weighted by Gasteiger charge is 2.04. The van der Waals surface area contributed by atoms with Gasteiger partial charge in [0.05, 0.1) is 6.42 Å². The van der Waals surface area contributed by atoms with Gasteiger partial charge in [-0.2, -0.15) is 0 Å². The third kappa shape index (κ3) is 7.05. The van der Waals surface area contributed by atoms with Gasteiger partial charge in [-0.1, -0.05) is 38.7 Å². The summed E-state index contributed by atoms with van der Waals surface area (Å²) in [5, 5.41) is 2.98. The Kier molecular flexibility index (Phi) is 7.85. The molecule has 1 aromatic rings. The molecule has 100 valence electrons. The molecule has 1 N–H and O–H groups in total. The second-order valence-electron chi connectivity index (χ2n) is 4.63. The van der Waals surface area contributed by atoms with Crippen LogP contribution in [0, 0.1) is 0 Å². The Bertz CT molecular complexity index is 325. The zero-order chi connectivity index (χ0) is 13.1. The number of rotatable bonds is 9. The van der Waals surface area contributed by atoms with Crippen molar-refractivity contribution in [3.8, 4) is 0 Å². The van der Waals surface area contributed by atoms with E-state index in [2.05, 4.69) is 12.2 Å². The smallest absolute Gasteiger partial charge is 0.226 e. The van der Waals surface area contributed by atoms with Gasteiger partial charge in [0.15, 0.2) is 18.9 Å². The van der Waals surface area contributed by atoms with Crippen LogP contribution in [0.25, 0.3) is 0 Å². The first-order chi connectivity index (χ1) is 8.83. The molecule has 0 spiro atoms. The van der Waals surface area contributed by atoms with E-state index in [-0.39, 0.29) is 5.91 Å². The number of amides is 1. The van der Waals surface area contributed by atoms with Crippen LogP contribution in [-0.2, 0) is 11.3 Å². The normalized spacial score (nSPS) is 10.3. The topological polar surface area (TPSA) is 33.0 Å². The standard InChI is InChI=1S/C15H24N2O/c1-2-3-4-5-7-11-16-15(18)10-14-17-12-8-6-9-13-17/h6,8-9,12-13H,2-5,7,10-11,14H2,1H3/p+1. The number of hydrogen-bond acceptors (Lipinski definition) is 1. The fourth-order valence-corrected chi connectivity index (χ4v) is 1.86. The number of unbranched alkanes of at least 4 members (excludes halogenated alkanes) is 4. The summed E-state index contributed by atoms with van der Waals surface area (Å²) in [5.74, 6) is 0.154. The Hall–Kier alpha value is -1.38. The fraction of sp³-hybridized carbons (Fsp3) is 0.600. The van der Waals surface area contributed by atoms with E-state index in [4.69, 9.17) is 0 Å². The van der Waals surface area contributed by atoms with E-state index in [1.54, 1.807) is 0 Å². The Balaban J connectivity index is 2.01. The van der Waals surface area contributed by atoms with Crippen molar-refractivity contribution in [2.24, 2.45) is 0 Å². The summed E-state index contributed by atoms with van der Waals surface area (Å²) < 4.78 is 2.03. The maximum absolute atomic E-state index is 11.6. The monoisotopic (exact) mass is 249 g/mol. The maximum Gasteiger partial charge on any atom is 0.226 e. The van der Waals surface area contributed by atoms with Crippen molar-refractivity contribution in [2.75, 3.05) is 6.54 Å². The SMILES string of the molecule is CCCCCCCNC(=O)CC[n+]1ccccc1. The summed E-state index contributed by atoms with van der Waals surface area (Å²) in [5.41, 5.74) is 0. The minimum Gasteiger partial charge on any atom is -0.356 e. The van der Waals surface area contributed by atoms with E-state index >= 15 is 0 Å². The van der Waals surface area contributed by atoms with E-state index in [1.807, 2.05) is 35.2 Å². The molecule has 0 aliphatic carbocycles. The van der Waals surface area contributed by atoms with Crippen LogP contribution >= 0.6 is 0 Å². The molecule has 1 amide bonds. The first kappa shape index (κ1) is 14.7. The number of aromatic nitrogens is 1. The average Bonchev–Trinajstić information content (AvgIpc) is 2.41. The molecule has 0 aromatic carbocycles. The van der Waals surface area contributed by atoms with Gasteiger partial charge in [-0.15, -0.1) is 0 Å². The van der Waals surface area contributed by atoms with E-state index < -0.39 is 0 Å². The highest BCUT2D eigenvalue weighted by Crippen LogP contribution is 2.01. The van der Waals surface area contributed by atoms with E-state index in [1.165, 1.54) is 25.7 Å². The van der Waals surface area contributed by atoms with Crippen molar-refractivity contribution in [3.05, 3.63) is 30.6 Å². The fourth-order valence-electron chi connectivity index (χ4n) is 1.86. The van der Waals surface area contributed by atoms with Gasteiger partial charge in [-0.3, -0.25) is 4.79 Å². The molecule has 0 unspecified atom stereocenters. The molecule has 0 fully saturated rings. The molecule has 1 rings (SSSR count). The van der Waals surface area contributed by atoms with Crippen molar-refractivity contribution < 1.29 is 9.36 Å². The lowest BCUT2D eigenvalue weighted by molar-refractivity contribution is -0.695. The Morgan fingerprint density at radius 2 is 1.78 bits per heavy atom. The summed E-state index contributed by atoms with van der Waals surface area (Å²) in [7, 11) is 0. The van der Waals surface area contributed by atoms with Gasteiger partial charge >= 0.3 is 0 Å². The Morgan fingerprint density at radius 1 is 1.06 bits per heavy atom. The second kappa shape index (κ2) is 9.63. The lowest BCUT2D eigenvalue weighted by Crippen LogP contribution is -2.36. The molecule has 0 radical (unpaired) electrons. The minimum atomic E-state index is 0.154. The number of carbonyl (C=O) groups is 1. The number of carbonyl (C=O) groups excluding carboxylic acids is 1. The summed E-state index contributed by atoms with van der Waals surface area (Å²) in [6.45, 7) is 3.79. The first-order valence-electron chi connectivity index (χ1n) is 7.03. The van der Waals surface area contributed by atoms with E-state index in [0.717, 1.165) is 19.5 Å². The molecule has 18 heavy (non-hydrogen) atoms. The highest BCUT2D eigenvalue weighted by molar-refractivity contribution is 5.75. The molecule has 0 aliphatic heterocycles. The van der Waals surface area contributed by atoms with Crippen LogP contribution in [0.5, 0.6) is 0 Å². The van der Waals surface area contributed by atoms with Crippen LogP contribution in [-0.4, -0.2) is 12.5 Å². The largest absolute Gasteiger partial charge is 0.356 e. The van der Waals surface area contributed by atoms with Crippen LogP contribution in [0.15, 0.2) is 30.6 Å². The molecular formula is C15H25N2O+. The Labute approximate surface area is 110 Å². The lowest BCUT2D eigenvalue weighted by atomic mass is 10.1. The number of aryl methyl sites for hydroxylation is 1. The number of hydrogen-bond donors (Lipinski definition) is 1. The summed E-state index contributed by atoms with van der Waals surface area (Å²) >= 11 is 0. The van der Waals surface area contributed by atoms with E-state index in [9.17, 15) is 4.79 Å². The van der Waals surface area contributed by atoms with Gasteiger partial charge in [0.2, 0.25) is 5.91 Å². The van der Waals surface area contributed by atoms with Gasteiger partial charge < -0.3 is 5.32 Å². The van der Waals surface area contributed by atoms with Crippen molar-refractivity contribution in [1.82, 2.24) is 5.32 Å². The number of nitrogens with zero attached hydrogens (tertiary/aromatic N) is 1. The van der Waals surface area contributed by atoms with Gasteiger partial charge in [0.1, 0.15) is 0 Å². The quantitative estimate of drug-likeness (QED) is 0.529. The molecule has 3 nitrogen and oxygen atoms in total. The van der Waals surface area contributed by atoms with E-state index in [0.29, 0.717) is 6.42 Å². The molecular weight excluding hydrogens is 224 g/mol. The molecule has 0 saturated heterocycles. The van der Waals surface area contributed by atoms with Crippen LogP contribution in [0.2, 0.25) is 0 Å². The molecule has 0 atom stereocenters. The predicted molar refractivity (Wildman–Crippen MR) is 73.0 cm³/mol. The third-order valence-corrected chi connectivity index (χ3v) is 2.98. The minimum absolute atomic E-state index is 0.154. The van der Waals surface area contributed by atoms with Crippen molar-refractivity contribution >= 4 is 5.91 Å². The summed E-state index contributed by atoms with van der Waals surface area (Å²) in [6.07, 6.45) is 10.7. The predicted octanol–water partition coefficient (Wildman–Crippen LogP) is 2.45. The zero-order valence-electron chi connectivity index (χ0n) is 11.4. The Morgan fingerprint density at radius 3 is 2.50 bits per heavy atom. The molecule has 1 heterocycles. The maximum atomic E-state index is 11.6. The van der Waals surface area contributed by atoms with Crippen molar-refractivity contribution in [2.45, 2.75) is 52.0 Å². The van der Waals surface area contributed by atoms with Crippen LogP contribution in [0.4, 0.5) is 0 Å². The van der Waals surface area contributed by atoms with Gasteiger partial charge in [-0.25, -0.2) is 4.57 Å². The second-order valence-corrected chi connectivity index (χ2v) is 4.63. The highest BCUT2D eigenvalue weighted by atomic mass is 16.1. The van der Waals surface area contributed by atoms with Crippen molar-refractivity contribution in [3.63, 3.8) is 0 Å². The summed E-state index contributed by atoms with van der Waals surface area (Å²) in [6, 6.07) is 5.93. The number of pyridine rings is 1. The van der Waals surface area contributed by atoms with Gasteiger partial charge in [0.25, 0.3) is 0 Å². The third-order valence-electron chi connectivity index (χ3n) is 2.98. The van der Waals surface area contributed by atoms with Crippen molar-refractivity contribution in [1.29, 1.82) is 0 Å². The lowest BCUT2D eigenvalue weighted by Gasteiger charge is -2.03. The van der Waals surface area contributed by atoms with Crippen LogP contribution in [0.1, 0.15) is 45.4 Å². The molecule has 0 aliphatic rings. The molecule has 3 heteroatoms. The van der Waals surface area contributed by atoms with Crippen LogP contribution < -0.4 is 9.88 Å². The van der Waals surface area contributed by atoms with Gasteiger partial charge in [0, 0.05) is 18.7 Å². The summed E-state index contributed by atoms with van der Waals surface area (Å²) in [4.78, 5) is 11.6. The van der Waals surface area contributed by atoms with Crippen LogP contribution in [0.3, 0.4) is 0 Å². The molecule has 0 saturated carbocycles. The average molecular weight is 249 g/mol.